The van der Waals surface area contributed by atoms with Crippen molar-refractivity contribution in [1.82, 2.24) is 20.2 Å². The number of thioether (sulfide) groups is 1. The number of nitrogens with zero attached hydrogens (tertiary/aromatic N) is 5. The van der Waals surface area contributed by atoms with Crippen LogP contribution in [0.25, 0.3) is 17.1 Å². The van der Waals surface area contributed by atoms with Crippen molar-refractivity contribution in [2.45, 2.75) is 5.16 Å². The lowest BCUT2D eigenvalue weighted by Gasteiger charge is -2.11. The van der Waals surface area contributed by atoms with Crippen LogP contribution >= 0.6 is 11.8 Å². The van der Waals surface area contributed by atoms with Crippen LogP contribution in [-0.2, 0) is 4.79 Å². The number of benzene rings is 3. The van der Waals surface area contributed by atoms with Gasteiger partial charge in [0.1, 0.15) is 0 Å². The summed E-state index contributed by atoms with van der Waals surface area (Å²) in [6.07, 6.45) is 1.63. The molecule has 7 nitrogen and oxygen atoms in total. The third-order valence-electron chi connectivity index (χ3n) is 4.82. The van der Waals surface area contributed by atoms with Gasteiger partial charge in [0.05, 0.1) is 12.0 Å². The van der Waals surface area contributed by atoms with Gasteiger partial charge < -0.3 is 4.90 Å². The van der Waals surface area contributed by atoms with Gasteiger partial charge in [-0.15, -0.1) is 10.2 Å². The van der Waals surface area contributed by atoms with E-state index in [1.807, 2.05) is 108 Å². The van der Waals surface area contributed by atoms with E-state index in [4.69, 9.17) is 0 Å². The van der Waals surface area contributed by atoms with Gasteiger partial charge in [-0.05, 0) is 29.8 Å². The Labute approximate surface area is 197 Å². The summed E-state index contributed by atoms with van der Waals surface area (Å²) in [6.45, 7) is 0. The number of hydrazone groups is 1. The number of amides is 1. The predicted molar refractivity (Wildman–Crippen MR) is 134 cm³/mol. The summed E-state index contributed by atoms with van der Waals surface area (Å²) in [4.78, 5) is 14.4. The quantitative estimate of drug-likeness (QED) is 0.244. The monoisotopic (exact) mass is 456 g/mol. The first kappa shape index (κ1) is 22.3. The predicted octanol–water partition coefficient (Wildman–Crippen LogP) is 4.24. The van der Waals surface area contributed by atoms with Gasteiger partial charge in [0, 0.05) is 31.0 Å². The summed E-state index contributed by atoms with van der Waals surface area (Å²) in [5.74, 6) is 0.672. The van der Waals surface area contributed by atoms with E-state index in [1.54, 1.807) is 6.21 Å². The van der Waals surface area contributed by atoms with E-state index in [-0.39, 0.29) is 11.7 Å². The highest BCUT2D eigenvalue weighted by atomic mass is 32.2. The van der Waals surface area contributed by atoms with Crippen LogP contribution in [0, 0.1) is 0 Å². The SMILES string of the molecule is CN(C)c1ccc(/C=N/NC(=O)CSc2nnc(-c3ccccc3)n2-c2ccccc2)cc1. The molecule has 0 atom stereocenters. The number of carbonyl (C=O) groups is 1. The second-order valence-corrected chi connectivity index (χ2v) is 8.35. The molecule has 0 aliphatic carbocycles. The molecule has 4 rings (SSSR count). The van der Waals surface area contributed by atoms with Gasteiger partial charge >= 0.3 is 0 Å². The van der Waals surface area contributed by atoms with Gasteiger partial charge in [0.15, 0.2) is 11.0 Å². The molecule has 1 aromatic heterocycles. The number of anilines is 1. The van der Waals surface area contributed by atoms with Crippen LogP contribution in [0.3, 0.4) is 0 Å². The van der Waals surface area contributed by atoms with Crippen LogP contribution < -0.4 is 10.3 Å². The van der Waals surface area contributed by atoms with E-state index in [1.165, 1.54) is 11.8 Å². The Kier molecular flexibility index (Phi) is 7.16. The maximum absolute atomic E-state index is 12.4. The Bertz CT molecular complexity index is 1220. The van der Waals surface area contributed by atoms with Crippen LogP contribution in [-0.4, -0.2) is 46.7 Å². The molecule has 0 saturated heterocycles. The van der Waals surface area contributed by atoms with Crippen molar-refractivity contribution in [1.29, 1.82) is 0 Å². The molecule has 0 saturated carbocycles. The lowest BCUT2D eigenvalue weighted by Crippen LogP contribution is -2.20. The Hall–Kier alpha value is -3.91. The van der Waals surface area contributed by atoms with Crippen LogP contribution in [0.15, 0.2) is 95.2 Å². The molecule has 0 radical (unpaired) electrons. The number of hydrogen-bond donors (Lipinski definition) is 1. The van der Waals surface area contributed by atoms with Crippen LogP contribution in [0.2, 0.25) is 0 Å². The first-order valence-electron chi connectivity index (χ1n) is 10.4. The molecule has 8 heteroatoms. The molecule has 1 amide bonds. The van der Waals surface area contributed by atoms with Crippen molar-refractivity contribution in [3.05, 3.63) is 90.5 Å². The second kappa shape index (κ2) is 10.6. The fourth-order valence-electron chi connectivity index (χ4n) is 3.15. The number of aromatic nitrogens is 3. The van der Waals surface area contributed by atoms with Crippen LogP contribution in [0.5, 0.6) is 0 Å². The molecule has 4 aromatic rings. The zero-order valence-corrected chi connectivity index (χ0v) is 19.2. The maximum atomic E-state index is 12.4. The van der Waals surface area contributed by atoms with Crippen molar-refractivity contribution >= 4 is 29.6 Å². The van der Waals surface area contributed by atoms with Gasteiger partial charge in [-0.1, -0.05) is 72.4 Å². The van der Waals surface area contributed by atoms with E-state index >= 15 is 0 Å². The van der Waals surface area contributed by atoms with Gasteiger partial charge in [-0.3, -0.25) is 9.36 Å². The Morgan fingerprint density at radius 2 is 1.64 bits per heavy atom. The van der Waals surface area contributed by atoms with Gasteiger partial charge in [-0.2, -0.15) is 5.10 Å². The molecule has 1 heterocycles. The van der Waals surface area contributed by atoms with E-state index in [9.17, 15) is 4.79 Å². The number of carbonyl (C=O) groups excluding carboxylic acids is 1. The van der Waals surface area contributed by atoms with Gasteiger partial charge in [-0.25, -0.2) is 5.43 Å². The number of hydrogen-bond acceptors (Lipinski definition) is 6. The lowest BCUT2D eigenvalue weighted by atomic mass is 10.2. The Balaban J connectivity index is 1.44. The van der Waals surface area contributed by atoms with E-state index in [2.05, 4.69) is 20.7 Å². The number of rotatable bonds is 8. The zero-order chi connectivity index (χ0) is 23.0. The average molecular weight is 457 g/mol. The largest absolute Gasteiger partial charge is 0.378 e. The smallest absolute Gasteiger partial charge is 0.250 e. The zero-order valence-electron chi connectivity index (χ0n) is 18.4. The molecular formula is C25H24N6OS. The molecule has 166 valence electrons. The summed E-state index contributed by atoms with van der Waals surface area (Å²) >= 11 is 1.31. The molecule has 0 aliphatic rings. The minimum absolute atomic E-state index is 0.163. The van der Waals surface area contributed by atoms with Crippen molar-refractivity contribution in [2.75, 3.05) is 24.7 Å². The highest BCUT2D eigenvalue weighted by Gasteiger charge is 2.17. The standard InChI is InChI=1S/C25H24N6OS/c1-30(2)21-15-13-19(14-16-21)17-26-27-23(32)18-33-25-29-28-24(20-9-5-3-6-10-20)31(25)22-11-7-4-8-12-22/h3-17H,18H2,1-2H3,(H,27,32)/b26-17+. The lowest BCUT2D eigenvalue weighted by molar-refractivity contribution is -0.118. The van der Waals surface area contributed by atoms with E-state index in [0.29, 0.717) is 5.16 Å². The summed E-state index contributed by atoms with van der Waals surface area (Å²) < 4.78 is 1.96. The summed E-state index contributed by atoms with van der Waals surface area (Å²) in [5.41, 5.74) is 6.47. The third kappa shape index (κ3) is 5.67. The first-order valence-corrected chi connectivity index (χ1v) is 11.4. The molecule has 0 aliphatic heterocycles. The average Bonchev–Trinajstić information content (AvgIpc) is 3.28. The fraction of sp³-hybridized carbons (Fsp3) is 0.120. The minimum atomic E-state index is -0.218. The van der Waals surface area contributed by atoms with Crippen molar-refractivity contribution in [2.24, 2.45) is 5.10 Å². The molecule has 0 unspecified atom stereocenters. The molecule has 1 N–H and O–H groups in total. The summed E-state index contributed by atoms with van der Waals surface area (Å²) in [6, 6.07) is 27.6. The Morgan fingerprint density at radius 1 is 0.970 bits per heavy atom. The highest BCUT2D eigenvalue weighted by molar-refractivity contribution is 7.99. The molecule has 33 heavy (non-hydrogen) atoms. The molecular weight excluding hydrogens is 432 g/mol. The second-order valence-electron chi connectivity index (χ2n) is 7.41. The van der Waals surface area contributed by atoms with Crippen molar-refractivity contribution in [3.63, 3.8) is 0 Å². The molecule has 0 spiro atoms. The van der Waals surface area contributed by atoms with E-state index < -0.39 is 0 Å². The molecule has 3 aromatic carbocycles. The minimum Gasteiger partial charge on any atom is -0.378 e. The summed E-state index contributed by atoms with van der Waals surface area (Å²) in [5, 5.41) is 13.4. The molecule has 0 fully saturated rings. The normalized spacial score (nSPS) is 11.0. The van der Waals surface area contributed by atoms with Gasteiger partial charge in [0.2, 0.25) is 0 Å². The van der Waals surface area contributed by atoms with Gasteiger partial charge in [0.25, 0.3) is 5.91 Å². The molecule has 0 bridgehead atoms. The van der Waals surface area contributed by atoms with Crippen LogP contribution in [0.4, 0.5) is 5.69 Å². The third-order valence-corrected chi connectivity index (χ3v) is 5.75. The van der Waals surface area contributed by atoms with E-state index in [0.717, 1.165) is 28.3 Å². The van der Waals surface area contributed by atoms with Crippen molar-refractivity contribution < 1.29 is 4.79 Å². The highest BCUT2D eigenvalue weighted by Crippen LogP contribution is 2.27. The fourth-order valence-corrected chi connectivity index (χ4v) is 3.89. The Morgan fingerprint density at radius 3 is 2.30 bits per heavy atom. The van der Waals surface area contributed by atoms with Crippen molar-refractivity contribution in [3.8, 4) is 17.1 Å². The topological polar surface area (TPSA) is 75.4 Å². The van der Waals surface area contributed by atoms with Crippen LogP contribution in [0.1, 0.15) is 5.56 Å². The first-order chi connectivity index (χ1) is 16.1. The maximum Gasteiger partial charge on any atom is 0.250 e. The number of nitrogens with one attached hydrogen (secondary N) is 1. The summed E-state index contributed by atoms with van der Waals surface area (Å²) in [7, 11) is 3.98. The number of para-hydroxylation sites is 1.